The number of ketones is 1. The molecule has 0 bridgehead atoms. The van der Waals surface area contributed by atoms with Crippen LogP contribution in [-0.4, -0.2) is 35.6 Å². The van der Waals surface area contributed by atoms with E-state index in [9.17, 15) is 18.4 Å². The average Bonchev–Trinajstić information content (AvgIpc) is 3.05. The Morgan fingerprint density at radius 1 is 1.06 bits per heavy atom. The van der Waals surface area contributed by atoms with Crippen LogP contribution in [0.3, 0.4) is 0 Å². The molecule has 0 fully saturated rings. The molecule has 1 aliphatic rings. The molecule has 0 amide bonds. The average molecular weight is 441 g/mol. The summed E-state index contributed by atoms with van der Waals surface area (Å²) in [5.74, 6) is -2.44. The third-order valence-electron chi connectivity index (χ3n) is 5.33. The Kier molecular flexibility index (Phi) is 5.94. The summed E-state index contributed by atoms with van der Waals surface area (Å²) in [5, 5.41) is 0. The van der Waals surface area contributed by atoms with E-state index in [4.69, 9.17) is 14.2 Å². The van der Waals surface area contributed by atoms with E-state index in [1.807, 2.05) is 35.8 Å². The fourth-order valence-electron chi connectivity index (χ4n) is 3.69. The number of carbonyl (C=O) groups is 2. The van der Waals surface area contributed by atoms with E-state index >= 15 is 0 Å². The van der Waals surface area contributed by atoms with Crippen molar-refractivity contribution in [2.75, 3.05) is 13.2 Å². The minimum atomic E-state index is -1.23. The third kappa shape index (κ3) is 4.21. The number of Topliss-reactive ketones (excluding diaryl/α,β-unsaturated/α-hetero) is 1. The second-order valence-electron chi connectivity index (χ2n) is 7.49. The topological polar surface area (TPSA) is 66.8 Å². The van der Waals surface area contributed by atoms with Crippen LogP contribution in [-0.2, 0) is 11.3 Å². The van der Waals surface area contributed by atoms with Crippen LogP contribution in [0.1, 0.15) is 32.1 Å². The maximum absolute atomic E-state index is 13.7. The van der Waals surface area contributed by atoms with Crippen LogP contribution in [0.5, 0.6) is 11.5 Å². The van der Waals surface area contributed by atoms with Crippen LogP contribution in [0, 0.1) is 25.5 Å². The maximum Gasteiger partial charge on any atom is 0.344 e. The number of ether oxygens (including phenoxy) is 3. The monoisotopic (exact) mass is 441 g/mol. The molecule has 166 valence electrons. The summed E-state index contributed by atoms with van der Waals surface area (Å²) >= 11 is 0. The van der Waals surface area contributed by atoms with E-state index in [0.717, 1.165) is 23.9 Å². The number of hydrogen-bond donors (Lipinski definition) is 0. The predicted molar refractivity (Wildman–Crippen MR) is 111 cm³/mol. The van der Waals surface area contributed by atoms with Gasteiger partial charge < -0.3 is 18.8 Å². The van der Waals surface area contributed by atoms with Gasteiger partial charge in [0.25, 0.3) is 0 Å². The van der Waals surface area contributed by atoms with Crippen molar-refractivity contribution in [1.29, 1.82) is 0 Å². The molecule has 1 unspecified atom stereocenters. The van der Waals surface area contributed by atoms with E-state index in [1.54, 1.807) is 13.0 Å². The Bertz CT molecular complexity index is 1170. The molecule has 2 heterocycles. The van der Waals surface area contributed by atoms with Gasteiger partial charge in [0.2, 0.25) is 5.78 Å². The van der Waals surface area contributed by atoms with Gasteiger partial charge in [0, 0.05) is 17.0 Å². The van der Waals surface area contributed by atoms with Crippen molar-refractivity contribution < 1.29 is 32.6 Å². The molecule has 0 spiro atoms. The molecule has 1 atom stereocenters. The van der Waals surface area contributed by atoms with Crippen LogP contribution >= 0.6 is 0 Å². The van der Waals surface area contributed by atoms with E-state index in [0.29, 0.717) is 35.9 Å². The Morgan fingerprint density at radius 3 is 2.47 bits per heavy atom. The summed E-state index contributed by atoms with van der Waals surface area (Å²) in [4.78, 5) is 24.7. The highest BCUT2D eigenvalue weighted by Gasteiger charge is 2.25. The van der Waals surface area contributed by atoms with Gasteiger partial charge in [-0.15, -0.1) is 0 Å². The highest BCUT2D eigenvalue weighted by Crippen LogP contribution is 2.31. The molecule has 1 aromatic heterocycles. The lowest BCUT2D eigenvalue weighted by Gasteiger charge is -2.27. The zero-order valence-electron chi connectivity index (χ0n) is 17.6. The first kappa shape index (κ1) is 21.5. The first-order valence-corrected chi connectivity index (χ1v) is 10.0. The molecule has 3 aromatic rings. The van der Waals surface area contributed by atoms with Gasteiger partial charge in [0.05, 0.1) is 6.54 Å². The summed E-state index contributed by atoms with van der Waals surface area (Å²) in [6.07, 6.45) is -0.250. The number of nitrogens with zero attached hydrogens (tertiary/aromatic N) is 1. The molecule has 6 nitrogen and oxygen atoms in total. The minimum Gasteiger partial charge on any atom is -0.486 e. The number of para-hydroxylation sites is 2. The quantitative estimate of drug-likeness (QED) is 0.422. The highest BCUT2D eigenvalue weighted by molar-refractivity contribution is 6.00. The molecule has 0 aliphatic carbocycles. The second-order valence-corrected chi connectivity index (χ2v) is 7.49. The van der Waals surface area contributed by atoms with E-state index in [2.05, 4.69) is 0 Å². The Balaban J connectivity index is 1.43. The first-order valence-electron chi connectivity index (χ1n) is 10.0. The van der Waals surface area contributed by atoms with Crippen molar-refractivity contribution in [2.24, 2.45) is 0 Å². The minimum absolute atomic E-state index is 0.250. The number of carbonyl (C=O) groups excluding carboxylic acids is 2. The molecule has 4 rings (SSSR count). The van der Waals surface area contributed by atoms with Gasteiger partial charge in [-0.05, 0) is 44.2 Å². The van der Waals surface area contributed by atoms with Gasteiger partial charge >= 0.3 is 5.97 Å². The molecular weight excluding hydrogens is 420 g/mol. The molecule has 0 N–H and O–H groups in total. The van der Waals surface area contributed by atoms with Gasteiger partial charge in [-0.3, -0.25) is 4.79 Å². The fourth-order valence-corrected chi connectivity index (χ4v) is 3.69. The Morgan fingerprint density at radius 2 is 1.75 bits per heavy atom. The van der Waals surface area contributed by atoms with E-state index < -0.39 is 35.6 Å². The van der Waals surface area contributed by atoms with Crippen molar-refractivity contribution in [3.05, 3.63) is 82.7 Å². The number of benzene rings is 2. The number of aryl methyl sites for hydroxylation is 1. The number of halogens is 2. The third-order valence-corrected chi connectivity index (χ3v) is 5.33. The summed E-state index contributed by atoms with van der Waals surface area (Å²) in [6, 6.07) is 12.1. The molecule has 32 heavy (non-hydrogen) atoms. The van der Waals surface area contributed by atoms with Gasteiger partial charge in [0.15, 0.2) is 24.2 Å². The zero-order valence-corrected chi connectivity index (χ0v) is 17.6. The van der Waals surface area contributed by atoms with E-state index in [-0.39, 0.29) is 6.10 Å². The molecule has 1 aliphatic heterocycles. The summed E-state index contributed by atoms with van der Waals surface area (Å²) in [6.45, 7) is 3.81. The molecule has 0 saturated carbocycles. The summed E-state index contributed by atoms with van der Waals surface area (Å²) in [7, 11) is 0. The zero-order chi connectivity index (χ0) is 22.8. The summed E-state index contributed by atoms with van der Waals surface area (Å²) < 4.78 is 46.0. The Hall–Kier alpha value is -3.68. The number of esters is 1. The number of rotatable bonds is 6. The van der Waals surface area contributed by atoms with Crippen molar-refractivity contribution >= 4 is 11.8 Å². The second kappa shape index (κ2) is 8.82. The van der Waals surface area contributed by atoms with E-state index in [1.165, 1.54) is 0 Å². The Labute approximate surface area is 183 Å². The normalized spacial score (nSPS) is 14.8. The lowest BCUT2D eigenvalue weighted by atomic mass is 10.1. The lowest BCUT2D eigenvalue weighted by Crippen LogP contribution is -2.33. The molecule has 0 radical (unpaired) electrons. The predicted octanol–water partition coefficient (Wildman–Crippen LogP) is 4.26. The van der Waals surface area contributed by atoms with Gasteiger partial charge in [-0.25, -0.2) is 13.6 Å². The van der Waals surface area contributed by atoms with Crippen molar-refractivity contribution in [1.82, 2.24) is 4.57 Å². The first-order chi connectivity index (χ1) is 15.3. The molecule has 2 aromatic carbocycles. The fraction of sp³-hybridized carbons (Fsp3) is 0.250. The lowest BCUT2D eigenvalue weighted by molar-refractivity contribution is 0.0464. The van der Waals surface area contributed by atoms with Crippen LogP contribution in [0.25, 0.3) is 0 Å². The highest BCUT2D eigenvalue weighted by atomic mass is 19.1. The van der Waals surface area contributed by atoms with Crippen LogP contribution in [0.15, 0.2) is 48.5 Å². The van der Waals surface area contributed by atoms with Crippen molar-refractivity contribution in [3.63, 3.8) is 0 Å². The maximum atomic E-state index is 13.7. The molecule has 8 heteroatoms. The SMILES string of the molecule is Cc1cc(C(=O)COC(=O)c2c(F)cccc2F)c(C)n1CC1COc2ccccc2O1. The molecular formula is C24H21F2NO5. The van der Waals surface area contributed by atoms with Crippen LogP contribution in [0.2, 0.25) is 0 Å². The van der Waals surface area contributed by atoms with Crippen molar-refractivity contribution in [2.45, 2.75) is 26.5 Å². The largest absolute Gasteiger partial charge is 0.486 e. The van der Waals surface area contributed by atoms with Crippen LogP contribution in [0.4, 0.5) is 8.78 Å². The van der Waals surface area contributed by atoms with Gasteiger partial charge in [0.1, 0.15) is 23.8 Å². The number of aromatic nitrogens is 1. The van der Waals surface area contributed by atoms with Gasteiger partial charge in [-0.1, -0.05) is 18.2 Å². The standard InChI is InChI=1S/C24H21F2NO5/c1-14-10-17(20(28)13-31-24(29)23-18(25)6-5-7-19(23)26)15(2)27(14)11-16-12-30-21-8-3-4-9-22(21)32-16/h3-10,16H,11-13H2,1-2H3. The number of hydrogen-bond acceptors (Lipinski definition) is 5. The smallest absolute Gasteiger partial charge is 0.344 e. The molecule has 0 saturated heterocycles. The number of fused-ring (bicyclic) bond motifs is 1. The van der Waals surface area contributed by atoms with Crippen molar-refractivity contribution in [3.8, 4) is 11.5 Å². The van der Waals surface area contributed by atoms with Crippen LogP contribution < -0.4 is 9.47 Å². The van der Waals surface area contributed by atoms with Gasteiger partial charge in [-0.2, -0.15) is 0 Å². The summed E-state index contributed by atoms with van der Waals surface area (Å²) in [5.41, 5.74) is 1.03.